The summed E-state index contributed by atoms with van der Waals surface area (Å²) in [6.45, 7) is 4.93. The van der Waals surface area contributed by atoms with E-state index in [4.69, 9.17) is 4.74 Å². The SMILES string of the molecule is CCC(C)C(=O)CN1CCOc2ccccc2C1=O. The van der Waals surface area contributed by atoms with Crippen LogP contribution in [0.3, 0.4) is 0 Å². The number of para-hydroxylation sites is 1. The van der Waals surface area contributed by atoms with Crippen LogP contribution < -0.4 is 4.74 Å². The first-order chi connectivity index (χ1) is 9.13. The molecular weight excluding hydrogens is 242 g/mol. The highest BCUT2D eigenvalue weighted by Gasteiger charge is 2.25. The van der Waals surface area contributed by atoms with E-state index in [0.717, 1.165) is 6.42 Å². The van der Waals surface area contributed by atoms with Crippen molar-refractivity contribution in [3.05, 3.63) is 29.8 Å². The van der Waals surface area contributed by atoms with Crippen LogP contribution >= 0.6 is 0 Å². The quantitative estimate of drug-likeness (QED) is 0.834. The predicted molar refractivity (Wildman–Crippen MR) is 72.3 cm³/mol. The zero-order chi connectivity index (χ0) is 13.8. The Morgan fingerprint density at radius 1 is 1.42 bits per heavy atom. The third kappa shape index (κ3) is 2.95. The molecule has 0 fully saturated rings. The van der Waals surface area contributed by atoms with Crippen molar-refractivity contribution in [3.8, 4) is 5.75 Å². The Kier molecular flexibility index (Phi) is 4.20. The van der Waals surface area contributed by atoms with Crippen LogP contribution in [0.5, 0.6) is 5.75 Å². The molecule has 0 bridgehead atoms. The van der Waals surface area contributed by atoms with Gasteiger partial charge in [-0.15, -0.1) is 0 Å². The van der Waals surface area contributed by atoms with E-state index in [1.54, 1.807) is 23.1 Å². The van der Waals surface area contributed by atoms with E-state index in [1.807, 2.05) is 19.9 Å². The molecule has 1 aromatic carbocycles. The highest BCUT2D eigenvalue weighted by molar-refractivity contribution is 5.99. The van der Waals surface area contributed by atoms with Gasteiger partial charge in [-0.05, 0) is 18.6 Å². The monoisotopic (exact) mass is 261 g/mol. The number of hydrogen-bond acceptors (Lipinski definition) is 3. The highest BCUT2D eigenvalue weighted by Crippen LogP contribution is 2.22. The molecule has 0 aromatic heterocycles. The van der Waals surface area contributed by atoms with Gasteiger partial charge in [0.1, 0.15) is 12.4 Å². The van der Waals surface area contributed by atoms with Gasteiger partial charge in [-0.3, -0.25) is 9.59 Å². The molecule has 1 aliphatic rings. The summed E-state index contributed by atoms with van der Waals surface area (Å²) >= 11 is 0. The maximum absolute atomic E-state index is 12.4. The number of amides is 1. The first kappa shape index (κ1) is 13.6. The molecule has 0 spiro atoms. The van der Waals surface area contributed by atoms with Gasteiger partial charge in [-0.1, -0.05) is 26.0 Å². The van der Waals surface area contributed by atoms with Crippen molar-refractivity contribution in [3.63, 3.8) is 0 Å². The summed E-state index contributed by atoms with van der Waals surface area (Å²) in [7, 11) is 0. The van der Waals surface area contributed by atoms with Gasteiger partial charge < -0.3 is 9.64 Å². The summed E-state index contributed by atoms with van der Waals surface area (Å²) in [5.41, 5.74) is 0.539. The van der Waals surface area contributed by atoms with Crippen LogP contribution in [0.25, 0.3) is 0 Å². The van der Waals surface area contributed by atoms with Gasteiger partial charge >= 0.3 is 0 Å². The van der Waals surface area contributed by atoms with Crippen LogP contribution in [-0.2, 0) is 4.79 Å². The van der Waals surface area contributed by atoms with E-state index >= 15 is 0 Å². The summed E-state index contributed by atoms with van der Waals surface area (Å²) in [5, 5.41) is 0. The molecule has 2 rings (SSSR count). The second-order valence-electron chi connectivity index (χ2n) is 4.85. The Bertz CT molecular complexity index is 484. The molecule has 1 aliphatic heterocycles. The largest absolute Gasteiger partial charge is 0.491 e. The van der Waals surface area contributed by atoms with Gasteiger partial charge in [0.05, 0.1) is 18.7 Å². The summed E-state index contributed by atoms with van der Waals surface area (Å²) in [5.74, 6) is 0.582. The number of carbonyl (C=O) groups is 2. The van der Waals surface area contributed by atoms with E-state index in [9.17, 15) is 9.59 Å². The third-order valence-electron chi connectivity index (χ3n) is 3.53. The van der Waals surface area contributed by atoms with E-state index in [2.05, 4.69) is 0 Å². The number of fused-ring (bicyclic) bond motifs is 1. The molecule has 19 heavy (non-hydrogen) atoms. The number of rotatable bonds is 4. The van der Waals surface area contributed by atoms with Crippen LogP contribution in [0.15, 0.2) is 24.3 Å². The lowest BCUT2D eigenvalue weighted by molar-refractivity contribution is -0.123. The summed E-state index contributed by atoms with van der Waals surface area (Å²) in [6.07, 6.45) is 0.800. The Balaban J connectivity index is 2.16. The Labute approximate surface area is 113 Å². The number of nitrogens with zero attached hydrogens (tertiary/aromatic N) is 1. The van der Waals surface area contributed by atoms with Gasteiger partial charge in [0.15, 0.2) is 5.78 Å². The molecule has 102 valence electrons. The Hall–Kier alpha value is -1.84. The van der Waals surface area contributed by atoms with Crippen LogP contribution in [0.1, 0.15) is 30.6 Å². The van der Waals surface area contributed by atoms with Crippen LogP contribution in [-0.4, -0.2) is 36.3 Å². The molecule has 1 unspecified atom stereocenters. The third-order valence-corrected chi connectivity index (χ3v) is 3.53. The van der Waals surface area contributed by atoms with Crippen molar-refractivity contribution in [1.82, 2.24) is 4.90 Å². The molecule has 4 nitrogen and oxygen atoms in total. The fraction of sp³-hybridized carbons (Fsp3) is 0.467. The van der Waals surface area contributed by atoms with Gasteiger partial charge in [-0.2, -0.15) is 0 Å². The minimum absolute atomic E-state index is 0.00721. The topological polar surface area (TPSA) is 46.6 Å². The fourth-order valence-electron chi connectivity index (χ4n) is 2.03. The standard InChI is InChI=1S/C15H19NO3/c1-3-11(2)13(17)10-16-8-9-19-14-7-5-4-6-12(14)15(16)18/h4-7,11H,3,8-10H2,1-2H3. The predicted octanol–water partition coefficient (Wildman–Crippen LogP) is 2.14. The van der Waals surface area contributed by atoms with E-state index in [1.165, 1.54) is 0 Å². The van der Waals surface area contributed by atoms with Crippen molar-refractivity contribution >= 4 is 11.7 Å². The average molecular weight is 261 g/mol. The zero-order valence-corrected chi connectivity index (χ0v) is 11.4. The highest BCUT2D eigenvalue weighted by atomic mass is 16.5. The number of ether oxygens (including phenoxy) is 1. The maximum Gasteiger partial charge on any atom is 0.258 e. The lowest BCUT2D eigenvalue weighted by Gasteiger charge is -2.20. The van der Waals surface area contributed by atoms with Crippen LogP contribution in [0.2, 0.25) is 0 Å². The number of benzene rings is 1. The van der Waals surface area contributed by atoms with Crippen molar-refractivity contribution in [2.45, 2.75) is 20.3 Å². The zero-order valence-electron chi connectivity index (χ0n) is 11.4. The number of ketones is 1. The van der Waals surface area contributed by atoms with Gasteiger partial charge in [0.25, 0.3) is 5.91 Å². The van der Waals surface area contributed by atoms with Crippen LogP contribution in [0.4, 0.5) is 0 Å². The van der Waals surface area contributed by atoms with Crippen molar-refractivity contribution in [2.75, 3.05) is 19.7 Å². The molecule has 1 amide bonds. The molecule has 1 heterocycles. The normalized spacial score (nSPS) is 16.3. The molecule has 0 aliphatic carbocycles. The minimum Gasteiger partial charge on any atom is -0.491 e. The number of Topliss-reactive ketones (excluding diaryl/α,β-unsaturated/α-hetero) is 1. The molecule has 0 radical (unpaired) electrons. The first-order valence-electron chi connectivity index (χ1n) is 6.67. The van der Waals surface area contributed by atoms with E-state index < -0.39 is 0 Å². The average Bonchev–Trinajstić information content (AvgIpc) is 2.59. The Morgan fingerprint density at radius 3 is 2.89 bits per heavy atom. The second-order valence-corrected chi connectivity index (χ2v) is 4.85. The van der Waals surface area contributed by atoms with E-state index in [-0.39, 0.29) is 24.2 Å². The van der Waals surface area contributed by atoms with Crippen LogP contribution in [0, 0.1) is 5.92 Å². The maximum atomic E-state index is 12.4. The van der Waals surface area contributed by atoms with Crippen molar-refractivity contribution in [1.29, 1.82) is 0 Å². The molecule has 0 N–H and O–H groups in total. The lowest BCUT2D eigenvalue weighted by Crippen LogP contribution is -2.38. The molecule has 0 saturated heterocycles. The molecule has 0 saturated carbocycles. The van der Waals surface area contributed by atoms with E-state index in [0.29, 0.717) is 24.5 Å². The van der Waals surface area contributed by atoms with Crippen molar-refractivity contribution in [2.24, 2.45) is 5.92 Å². The van der Waals surface area contributed by atoms with Gasteiger partial charge in [0.2, 0.25) is 0 Å². The smallest absolute Gasteiger partial charge is 0.258 e. The molecule has 4 heteroatoms. The number of hydrogen-bond donors (Lipinski definition) is 0. The molecule has 1 aromatic rings. The minimum atomic E-state index is -0.121. The second kappa shape index (κ2) is 5.87. The van der Waals surface area contributed by atoms with Gasteiger partial charge in [-0.25, -0.2) is 0 Å². The van der Waals surface area contributed by atoms with Crippen molar-refractivity contribution < 1.29 is 14.3 Å². The first-order valence-corrected chi connectivity index (χ1v) is 6.67. The lowest BCUT2D eigenvalue weighted by atomic mass is 10.0. The Morgan fingerprint density at radius 2 is 2.16 bits per heavy atom. The summed E-state index contributed by atoms with van der Waals surface area (Å²) in [6, 6.07) is 7.17. The van der Waals surface area contributed by atoms with Gasteiger partial charge in [0, 0.05) is 5.92 Å². The summed E-state index contributed by atoms with van der Waals surface area (Å²) in [4.78, 5) is 25.9. The molecule has 1 atom stereocenters. The fourth-order valence-corrected chi connectivity index (χ4v) is 2.03. The number of carbonyl (C=O) groups excluding carboxylic acids is 2. The summed E-state index contributed by atoms with van der Waals surface area (Å²) < 4.78 is 5.54. The molecular formula is C15H19NO3.